The zero-order chi connectivity index (χ0) is 19.7. The second kappa shape index (κ2) is 7.19. The Morgan fingerprint density at radius 1 is 1.07 bits per heavy atom. The van der Waals surface area contributed by atoms with E-state index in [9.17, 15) is 4.79 Å². The first-order chi connectivity index (χ1) is 13.4. The van der Waals surface area contributed by atoms with Gasteiger partial charge in [-0.15, -0.1) is 0 Å². The first-order valence-electron chi connectivity index (χ1n) is 9.65. The highest BCUT2D eigenvalue weighted by Crippen LogP contribution is 2.39. The second-order valence-corrected chi connectivity index (χ2v) is 7.93. The Morgan fingerprint density at radius 3 is 2.61 bits per heavy atom. The number of carbonyl (C=O) groups excluding carboxylic acids is 1. The highest BCUT2D eigenvalue weighted by Gasteiger charge is 2.35. The molecule has 1 N–H and O–H groups in total. The highest BCUT2D eigenvalue weighted by molar-refractivity contribution is 5.84. The molecule has 0 bridgehead atoms. The van der Waals surface area contributed by atoms with Crippen molar-refractivity contribution in [1.29, 1.82) is 0 Å². The molecule has 0 saturated heterocycles. The Labute approximate surface area is 165 Å². The molecular formula is C24H25NO3. The summed E-state index contributed by atoms with van der Waals surface area (Å²) in [5.41, 5.74) is 0.669. The minimum atomic E-state index is -0.598. The smallest absolute Gasteiger partial charge is 0.261 e. The lowest BCUT2D eigenvalue weighted by Crippen LogP contribution is -2.44. The average molecular weight is 375 g/mol. The van der Waals surface area contributed by atoms with E-state index in [1.54, 1.807) is 6.92 Å². The summed E-state index contributed by atoms with van der Waals surface area (Å²) in [7, 11) is 0. The summed E-state index contributed by atoms with van der Waals surface area (Å²) in [4.78, 5) is 12.8. The van der Waals surface area contributed by atoms with Gasteiger partial charge < -0.3 is 14.8 Å². The van der Waals surface area contributed by atoms with Gasteiger partial charge >= 0.3 is 0 Å². The number of rotatable bonds is 4. The molecule has 4 nitrogen and oxygen atoms in total. The van der Waals surface area contributed by atoms with Gasteiger partial charge in [-0.2, -0.15) is 0 Å². The predicted octanol–water partition coefficient (Wildman–Crippen LogP) is 5.03. The van der Waals surface area contributed by atoms with E-state index in [2.05, 4.69) is 11.4 Å². The zero-order valence-electron chi connectivity index (χ0n) is 16.4. The highest BCUT2D eigenvalue weighted by atomic mass is 16.5. The fourth-order valence-electron chi connectivity index (χ4n) is 3.72. The molecule has 4 rings (SSSR count). The summed E-state index contributed by atoms with van der Waals surface area (Å²) < 4.78 is 12.0. The van der Waals surface area contributed by atoms with Crippen LogP contribution < -0.4 is 14.8 Å². The fourth-order valence-corrected chi connectivity index (χ4v) is 3.72. The molecule has 4 heteroatoms. The Kier molecular flexibility index (Phi) is 4.71. The van der Waals surface area contributed by atoms with Crippen LogP contribution in [0, 0.1) is 0 Å². The molecule has 2 atom stereocenters. The summed E-state index contributed by atoms with van der Waals surface area (Å²) in [6, 6.07) is 21.7. The molecule has 1 aliphatic rings. The zero-order valence-corrected chi connectivity index (χ0v) is 16.4. The lowest BCUT2D eigenvalue weighted by Gasteiger charge is -2.38. The first-order valence-corrected chi connectivity index (χ1v) is 9.65. The van der Waals surface area contributed by atoms with E-state index < -0.39 is 6.10 Å². The van der Waals surface area contributed by atoms with Crippen LogP contribution >= 0.6 is 0 Å². The van der Waals surface area contributed by atoms with Crippen LogP contribution in [0.25, 0.3) is 10.8 Å². The average Bonchev–Trinajstić information content (AvgIpc) is 2.67. The number of hydrogen-bond donors (Lipinski definition) is 1. The van der Waals surface area contributed by atoms with Gasteiger partial charge in [0.1, 0.15) is 17.1 Å². The molecule has 0 radical (unpaired) electrons. The molecule has 1 amide bonds. The lowest BCUT2D eigenvalue weighted by atomic mass is 9.89. The van der Waals surface area contributed by atoms with Crippen molar-refractivity contribution in [2.45, 2.75) is 44.9 Å². The SMILES string of the molecule is C[C@@H](Oc1ccc2ccccc2c1)C(=O)N[C@H]1CC(C)(C)Oc2ccccc21. The summed E-state index contributed by atoms with van der Waals surface area (Å²) in [5, 5.41) is 5.38. The van der Waals surface area contributed by atoms with Crippen LogP contribution in [-0.4, -0.2) is 17.6 Å². The van der Waals surface area contributed by atoms with Crippen molar-refractivity contribution in [3.8, 4) is 11.5 Å². The molecule has 1 heterocycles. The van der Waals surface area contributed by atoms with Gasteiger partial charge in [-0.1, -0.05) is 48.5 Å². The molecule has 144 valence electrons. The third kappa shape index (κ3) is 3.81. The van der Waals surface area contributed by atoms with Gasteiger partial charge in [-0.3, -0.25) is 4.79 Å². The van der Waals surface area contributed by atoms with Crippen LogP contribution in [0.2, 0.25) is 0 Å². The molecule has 0 aliphatic carbocycles. The van der Waals surface area contributed by atoms with Crippen LogP contribution in [0.5, 0.6) is 11.5 Å². The minimum absolute atomic E-state index is 0.102. The van der Waals surface area contributed by atoms with Gasteiger partial charge in [0.25, 0.3) is 5.91 Å². The lowest BCUT2D eigenvalue weighted by molar-refractivity contribution is -0.128. The molecule has 3 aromatic rings. The van der Waals surface area contributed by atoms with E-state index in [-0.39, 0.29) is 17.6 Å². The largest absolute Gasteiger partial charge is 0.487 e. The van der Waals surface area contributed by atoms with E-state index in [4.69, 9.17) is 9.47 Å². The van der Waals surface area contributed by atoms with Crippen LogP contribution in [0.15, 0.2) is 66.7 Å². The Hall–Kier alpha value is -3.01. The van der Waals surface area contributed by atoms with E-state index in [1.165, 1.54) is 0 Å². The van der Waals surface area contributed by atoms with Crippen molar-refractivity contribution in [3.05, 3.63) is 72.3 Å². The van der Waals surface area contributed by atoms with Crippen molar-refractivity contribution in [2.24, 2.45) is 0 Å². The van der Waals surface area contributed by atoms with Crippen LogP contribution in [0.1, 0.15) is 38.8 Å². The molecule has 0 fully saturated rings. The molecule has 1 aliphatic heterocycles. The minimum Gasteiger partial charge on any atom is -0.487 e. The molecule has 28 heavy (non-hydrogen) atoms. The number of benzene rings is 3. The number of carbonyl (C=O) groups is 1. The van der Waals surface area contributed by atoms with Gasteiger partial charge in [0.15, 0.2) is 6.10 Å². The van der Waals surface area contributed by atoms with Gasteiger partial charge in [0.05, 0.1) is 6.04 Å². The van der Waals surface area contributed by atoms with Crippen LogP contribution in [0.3, 0.4) is 0 Å². The molecule has 0 spiro atoms. The van der Waals surface area contributed by atoms with Crippen molar-refractivity contribution in [3.63, 3.8) is 0 Å². The van der Waals surface area contributed by atoms with E-state index in [0.717, 1.165) is 22.1 Å². The number of ether oxygens (including phenoxy) is 2. The maximum absolute atomic E-state index is 12.8. The molecule has 0 unspecified atom stereocenters. The third-order valence-corrected chi connectivity index (χ3v) is 5.10. The molecule has 0 saturated carbocycles. The predicted molar refractivity (Wildman–Crippen MR) is 111 cm³/mol. The number of para-hydroxylation sites is 1. The number of nitrogens with one attached hydrogen (secondary N) is 1. The first kappa shape index (κ1) is 18.4. The molecule has 0 aromatic heterocycles. The topological polar surface area (TPSA) is 47.6 Å². The Bertz CT molecular complexity index is 1010. The van der Waals surface area contributed by atoms with E-state index in [0.29, 0.717) is 12.2 Å². The number of hydrogen-bond acceptors (Lipinski definition) is 3. The van der Waals surface area contributed by atoms with Crippen molar-refractivity contribution in [1.82, 2.24) is 5.32 Å². The van der Waals surface area contributed by atoms with Gasteiger partial charge in [0.2, 0.25) is 0 Å². The van der Waals surface area contributed by atoms with Crippen molar-refractivity contribution in [2.75, 3.05) is 0 Å². The van der Waals surface area contributed by atoms with Crippen LogP contribution in [-0.2, 0) is 4.79 Å². The quantitative estimate of drug-likeness (QED) is 0.696. The van der Waals surface area contributed by atoms with Gasteiger partial charge in [-0.05, 0) is 49.7 Å². The van der Waals surface area contributed by atoms with E-state index in [1.807, 2.05) is 74.5 Å². The van der Waals surface area contributed by atoms with Crippen molar-refractivity contribution < 1.29 is 14.3 Å². The third-order valence-electron chi connectivity index (χ3n) is 5.10. The maximum Gasteiger partial charge on any atom is 0.261 e. The summed E-state index contributed by atoms with van der Waals surface area (Å²) in [6.45, 7) is 5.86. The summed E-state index contributed by atoms with van der Waals surface area (Å²) >= 11 is 0. The summed E-state index contributed by atoms with van der Waals surface area (Å²) in [6.07, 6.45) is 0.109. The Morgan fingerprint density at radius 2 is 1.79 bits per heavy atom. The molecular weight excluding hydrogens is 350 g/mol. The van der Waals surface area contributed by atoms with E-state index >= 15 is 0 Å². The van der Waals surface area contributed by atoms with Gasteiger partial charge in [0, 0.05) is 12.0 Å². The maximum atomic E-state index is 12.8. The second-order valence-electron chi connectivity index (χ2n) is 7.93. The normalized spacial score (nSPS) is 18.6. The van der Waals surface area contributed by atoms with Gasteiger partial charge in [-0.25, -0.2) is 0 Å². The summed E-state index contributed by atoms with van der Waals surface area (Å²) in [5.74, 6) is 1.38. The standard InChI is InChI=1S/C24H25NO3/c1-16(27-19-13-12-17-8-4-5-9-18(17)14-19)23(26)25-21-15-24(2,3)28-22-11-7-6-10-20(21)22/h4-14,16,21H,15H2,1-3H3,(H,25,26)/t16-,21+/m1/s1. The Balaban J connectivity index is 1.48. The number of fused-ring (bicyclic) bond motifs is 2. The monoisotopic (exact) mass is 375 g/mol. The number of amides is 1. The molecule has 3 aromatic carbocycles. The fraction of sp³-hybridized carbons (Fsp3) is 0.292. The van der Waals surface area contributed by atoms with Crippen molar-refractivity contribution >= 4 is 16.7 Å². The van der Waals surface area contributed by atoms with Crippen LogP contribution in [0.4, 0.5) is 0 Å².